The minimum atomic E-state index is -0.284. The highest BCUT2D eigenvalue weighted by Crippen LogP contribution is 2.20. The molecule has 0 fully saturated rings. The van der Waals surface area contributed by atoms with Crippen molar-refractivity contribution in [2.75, 3.05) is 6.61 Å². The number of nitrogens with zero attached hydrogens (tertiary/aromatic N) is 1. The van der Waals surface area contributed by atoms with Gasteiger partial charge in [0.1, 0.15) is 0 Å². The Kier molecular flexibility index (Phi) is 4.39. The van der Waals surface area contributed by atoms with Gasteiger partial charge in [0.15, 0.2) is 0 Å². The van der Waals surface area contributed by atoms with E-state index in [1.807, 2.05) is 13.0 Å². The molecule has 1 rings (SSSR count). The molecule has 0 heterocycles. The summed E-state index contributed by atoms with van der Waals surface area (Å²) >= 11 is 4.26. The first-order valence-electron chi connectivity index (χ1n) is 4.96. The van der Waals surface area contributed by atoms with Gasteiger partial charge in [-0.3, -0.25) is 4.79 Å². The number of nitriles is 1. The first-order chi connectivity index (χ1) is 7.58. The van der Waals surface area contributed by atoms with Gasteiger partial charge in [0.2, 0.25) is 0 Å². The average Bonchev–Trinajstić information content (AvgIpc) is 2.24. The molecule has 0 saturated carbocycles. The molecule has 0 spiro atoms. The van der Waals surface area contributed by atoms with E-state index in [2.05, 4.69) is 12.6 Å². The quantitative estimate of drug-likeness (QED) is 0.646. The molecule has 0 aromatic heterocycles. The zero-order valence-electron chi connectivity index (χ0n) is 9.28. The Balaban J connectivity index is 3.00. The van der Waals surface area contributed by atoms with E-state index in [1.165, 1.54) is 0 Å². The molecule has 0 aliphatic rings. The Morgan fingerprint density at radius 1 is 1.56 bits per heavy atom. The molecule has 0 bridgehead atoms. The molecule has 0 aliphatic carbocycles. The third kappa shape index (κ3) is 3.01. The summed E-state index contributed by atoms with van der Waals surface area (Å²) in [4.78, 5) is 12.1. The maximum atomic E-state index is 11.3. The zero-order valence-corrected chi connectivity index (χ0v) is 10.2. The summed E-state index contributed by atoms with van der Waals surface area (Å²) in [5.74, 6) is -0.284. The second kappa shape index (κ2) is 5.57. The highest BCUT2D eigenvalue weighted by atomic mass is 32.1. The van der Waals surface area contributed by atoms with E-state index in [4.69, 9.17) is 10.00 Å². The standard InChI is InChI=1S/C12H13NO2S/c1-3-15-12(14)6-10-4-9(7-13)5-11(16)8(10)2/h4-5,16H,3,6H2,1-2H3. The Morgan fingerprint density at radius 2 is 2.25 bits per heavy atom. The predicted molar refractivity (Wildman–Crippen MR) is 63.5 cm³/mol. The summed E-state index contributed by atoms with van der Waals surface area (Å²) in [7, 11) is 0. The Morgan fingerprint density at radius 3 is 2.81 bits per heavy atom. The van der Waals surface area contributed by atoms with Gasteiger partial charge >= 0.3 is 5.97 Å². The van der Waals surface area contributed by atoms with Crippen LogP contribution in [0.25, 0.3) is 0 Å². The number of carbonyl (C=O) groups excluding carboxylic acids is 1. The maximum absolute atomic E-state index is 11.3. The lowest BCUT2D eigenvalue weighted by Crippen LogP contribution is -2.09. The largest absolute Gasteiger partial charge is 0.466 e. The van der Waals surface area contributed by atoms with Gasteiger partial charge in [0, 0.05) is 4.90 Å². The number of esters is 1. The van der Waals surface area contributed by atoms with Gasteiger partial charge in [0.05, 0.1) is 24.7 Å². The van der Waals surface area contributed by atoms with Crippen LogP contribution in [0.2, 0.25) is 0 Å². The Hall–Kier alpha value is -1.47. The topological polar surface area (TPSA) is 50.1 Å². The molecule has 16 heavy (non-hydrogen) atoms. The number of carbonyl (C=O) groups is 1. The van der Waals surface area contributed by atoms with Crippen molar-refractivity contribution in [3.8, 4) is 6.07 Å². The first kappa shape index (κ1) is 12.6. The number of thiol groups is 1. The van der Waals surface area contributed by atoms with Crippen molar-refractivity contribution in [1.29, 1.82) is 5.26 Å². The van der Waals surface area contributed by atoms with Gasteiger partial charge in [-0.15, -0.1) is 12.6 Å². The van der Waals surface area contributed by atoms with E-state index in [9.17, 15) is 4.79 Å². The van der Waals surface area contributed by atoms with Crippen molar-refractivity contribution in [2.24, 2.45) is 0 Å². The van der Waals surface area contributed by atoms with Gasteiger partial charge in [-0.2, -0.15) is 5.26 Å². The highest BCUT2D eigenvalue weighted by Gasteiger charge is 2.10. The van der Waals surface area contributed by atoms with Crippen LogP contribution in [0.5, 0.6) is 0 Å². The fraction of sp³-hybridized carbons (Fsp3) is 0.333. The second-order valence-corrected chi connectivity index (χ2v) is 3.85. The van der Waals surface area contributed by atoms with Crippen LogP contribution in [-0.4, -0.2) is 12.6 Å². The summed E-state index contributed by atoms with van der Waals surface area (Å²) in [5.41, 5.74) is 2.22. The molecule has 1 aromatic rings. The zero-order chi connectivity index (χ0) is 12.1. The lowest BCUT2D eigenvalue weighted by Gasteiger charge is -2.08. The minimum Gasteiger partial charge on any atom is -0.466 e. The summed E-state index contributed by atoms with van der Waals surface area (Å²) < 4.78 is 4.87. The SMILES string of the molecule is CCOC(=O)Cc1cc(C#N)cc(S)c1C. The maximum Gasteiger partial charge on any atom is 0.310 e. The van der Waals surface area contributed by atoms with Crippen molar-refractivity contribution in [1.82, 2.24) is 0 Å². The van der Waals surface area contributed by atoms with Crippen LogP contribution in [0.15, 0.2) is 17.0 Å². The number of hydrogen-bond donors (Lipinski definition) is 1. The number of rotatable bonds is 3. The van der Waals surface area contributed by atoms with Gasteiger partial charge in [-0.05, 0) is 37.1 Å². The van der Waals surface area contributed by atoms with Crippen LogP contribution in [0, 0.1) is 18.3 Å². The van der Waals surface area contributed by atoms with E-state index >= 15 is 0 Å². The third-order valence-corrected chi connectivity index (χ3v) is 2.72. The van der Waals surface area contributed by atoms with Crippen molar-refractivity contribution in [2.45, 2.75) is 25.2 Å². The molecule has 0 aliphatic heterocycles. The van der Waals surface area contributed by atoms with Crippen molar-refractivity contribution in [3.05, 3.63) is 28.8 Å². The van der Waals surface area contributed by atoms with Gasteiger partial charge in [-0.25, -0.2) is 0 Å². The molecule has 84 valence electrons. The summed E-state index contributed by atoms with van der Waals surface area (Å²) in [6, 6.07) is 5.43. The van der Waals surface area contributed by atoms with Crippen LogP contribution in [0.1, 0.15) is 23.6 Å². The van der Waals surface area contributed by atoms with Crippen LogP contribution in [-0.2, 0) is 16.0 Å². The lowest BCUT2D eigenvalue weighted by atomic mass is 10.0. The molecule has 1 aromatic carbocycles. The molecule has 0 unspecified atom stereocenters. The van der Waals surface area contributed by atoms with E-state index in [0.717, 1.165) is 16.0 Å². The molecular weight excluding hydrogens is 222 g/mol. The Bertz CT molecular complexity index is 449. The van der Waals surface area contributed by atoms with E-state index in [0.29, 0.717) is 12.2 Å². The van der Waals surface area contributed by atoms with Crippen LogP contribution < -0.4 is 0 Å². The van der Waals surface area contributed by atoms with Crippen LogP contribution >= 0.6 is 12.6 Å². The van der Waals surface area contributed by atoms with Crippen molar-refractivity contribution < 1.29 is 9.53 Å². The smallest absolute Gasteiger partial charge is 0.310 e. The molecule has 0 radical (unpaired) electrons. The number of benzene rings is 1. The summed E-state index contributed by atoms with van der Waals surface area (Å²) in [6.07, 6.45) is 0.183. The van der Waals surface area contributed by atoms with Crippen molar-refractivity contribution >= 4 is 18.6 Å². The van der Waals surface area contributed by atoms with Gasteiger partial charge in [0.25, 0.3) is 0 Å². The fourth-order valence-electron chi connectivity index (χ4n) is 1.37. The monoisotopic (exact) mass is 235 g/mol. The summed E-state index contributed by atoms with van der Waals surface area (Å²) in [5, 5.41) is 8.81. The average molecular weight is 235 g/mol. The molecule has 4 heteroatoms. The van der Waals surface area contributed by atoms with E-state index in [-0.39, 0.29) is 12.4 Å². The van der Waals surface area contributed by atoms with E-state index < -0.39 is 0 Å². The molecule has 0 N–H and O–H groups in total. The normalized spacial score (nSPS) is 9.62. The number of hydrogen-bond acceptors (Lipinski definition) is 4. The molecule has 3 nitrogen and oxygen atoms in total. The summed E-state index contributed by atoms with van der Waals surface area (Å²) in [6.45, 7) is 4.00. The fourth-order valence-corrected chi connectivity index (χ4v) is 1.66. The predicted octanol–water partition coefficient (Wildman–Crippen LogP) is 2.26. The van der Waals surface area contributed by atoms with Crippen LogP contribution in [0.3, 0.4) is 0 Å². The van der Waals surface area contributed by atoms with Gasteiger partial charge in [-0.1, -0.05) is 0 Å². The highest BCUT2D eigenvalue weighted by molar-refractivity contribution is 7.80. The molecule has 0 atom stereocenters. The molecule has 0 amide bonds. The lowest BCUT2D eigenvalue weighted by molar-refractivity contribution is -0.142. The third-order valence-electron chi connectivity index (χ3n) is 2.26. The minimum absolute atomic E-state index is 0.183. The molecule has 0 saturated heterocycles. The number of ether oxygens (including phenoxy) is 1. The second-order valence-electron chi connectivity index (χ2n) is 3.37. The first-order valence-corrected chi connectivity index (χ1v) is 5.41. The van der Waals surface area contributed by atoms with E-state index in [1.54, 1.807) is 19.1 Å². The van der Waals surface area contributed by atoms with Crippen LogP contribution in [0.4, 0.5) is 0 Å². The Labute approximate surface area is 100 Å². The van der Waals surface area contributed by atoms with Gasteiger partial charge < -0.3 is 4.74 Å². The van der Waals surface area contributed by atoms with Crippen molar-refractivity contribution in [3.63, 3.8) is 0 Å². The molecular formula is C12H13NO2S.